The van der Waals surface area contributed by atoms with Crippen molar-refractivity contribution in [2.24, 2.45) is 0 Å². The molecule has 160 valence electrons. The Labute approximate surface area is 193 Å². The first kappa shape index (κ1) is 21.7. The second-order valence-corrected chi connectivity index (χ2v) is 7.99. The van der Waals surface area contributed by atoms with Gasteiger partial charge in [0.15, 0.2) is 0 Å². The molecule has 0 aromatic heterocycles. The normalized spacial score (nSPS) is 11.5. The number of rotatable bonds is 8. The van der Waals surface area contributed by atoms with Gasteiger partial charge in [0, 0.05) is 5.02 Å². The number of hydrogen-bond donors (Lipinski definition) is 1. The van der Waals surface area contributed by atoms with E-state index in [9.17, 15) is 4.79 Å². The molecule has 0 fully saturated rings. The molecule has 4 rings (SSSR count). The Hall–Kier alpha value is -3.56. The first-order valence-electron chi connectivity index (χ1n) is 10.5. The molecule has 0 spiro atoms. The summed E-state index contributed by atoms with van der Waals surface area (Å²) in [7, 11) is 0. The van der Waals surface area contributed by atoms with Crippen LogP contribution in [-0.4, -0.2) is 5.91 Å². The van der Waals surface area contributed by atoms with Crippen molar-refractivity contribution >= 4 is 17.5 Å². The molecule has 32 heavy (non-hydrogen) atoms. The van der Waals surface area contributed by atoms with Gasteiger partial charge < -0.3 is 10.1 Å². The first-order chi connectivity index (χ1) is 15.7. The molecule has 4 aromatic rings. The van der Waals surface area contributed by atoms with Gasteiger partial charge in [-0.05, 0) is 46.5 Å². The molecule has 0 aliphatic heterocycles. The minimum atomic E-state index is -0.241. The highest BCUT2D eigenvalue weighted by atomic mass is 35.5. The van der Waals surface area contributed by atoms with E-state index in [0.717, 1.165) is 28.0 Å². The van der Waals surface area contributed by atoms with E-state index in [2.05, 4.69) is 5.32 Å². The van der Waals surface area contributed by atoms with Crippen molar-refractivity contribution < 1.29 is 9.53 Å². The highest BCUT2D eigenvalue weighted by Gasteiger charge is 2.17. The van der Waals surface area contributed by atoms with Crippen LogP contribution in [-0.2, 0) is 17.8 Å². The monoisotopic (exact) mass is 441 g/mol. The van der Waals surface area contributed by atoms with Gasteiger partial charge in [0.05, 0.1) is 12.5 Å². The van der Waals surface area contributed by atoms with E-state index in [-0.39, 0.29) is 18.4 Å². The van der Waals surface area contributed by atoms with E-state index in [4.69, 9.17) is 16.3 Å². The molecule has 0 aliphatic rings. The SMILES string of the molecule is O=C(Cc1ccc(OCc2ccccc2)cc1)NC(c1ccccc1)c1ccc(Cl)cc1. The van der Waals surface area contributed by atoms with Crippen LogP contribution in [0.4, 0.5) is 0 Å². The van der Waals surface area contributed by atoms with Crippen LogP contribution in [0.3, 0.4) is 0 Å². The summed E-state index contributed by atoms with van der Waals surface area (Å²) >= 11 is 6.05. The average molecular weight is 442 g/mol. The molecule has 3 nitrogen and oxygen atoms in total. The molecule has 0 radical (unpaired) electrons. The van der Waals surface area contributed by atoms with Crippen LogP contribution < -0.4 is 10.1 Å². The molecule has 1 unspecified atom stereocenters. The molecule has 4 heteroatoms. The van der Waals surface area contributed by atoms with Gasteiger partial charge in [-0.15, -0.1) is 0 Å². The Kier molecular flexibility index (Phi) is 7.21. The summed E-state index contributed by atoms with van der Waals surface area (Å²) in [5, 5.41) is 3.83. The van der Waals surface area contributed by atoms with Crippen LogP contribution in [0.25, 0.3) is 0 Å². The van der Waals surface area contributed by atoms with E-state index in [1.54, 1.807) is 0 Å². The number of carbonyl (C=O) groups is 1. The smallest absolute Gasteiger partial charge is 0.225 e. The maximum atomic E-state index is 12.9. The van der Waals surface area contributed by atoms with Crippen molar-refractivity contribution in [1.29, 1.82) is 0 Å². The van der Waals surface area contributed by atoms with Gasteiger partial charge in [-0.1, -0.05) is 96.5 Å². The zero-order chi connectivity index (χ0) is 22.2. The van der Waals surface area contributed by atoms with Crippen LogP contribution in [0.15, 0.2) is 109 Å². The molecular weight excluding hydrogens is 418 g/mol. The Balaban J connectivity index is 1.40. The van der Waals surface area contributed by atoms with E-state index >= 15 is 0 Å². The third kappa shape index (κ3) is 5.99. The second kappa shape index (κ2) is 10.7. The van der Waals surface area contributed by atoms with Gasteiger partial charge in [0.1, 0.15) is 12.4 Å². The van der Waals surface area contributed by atoms with Gasteiger partial charge in [-0.2, -0.15) is 0 Å². The van der Waals surface area contributed by atoms with E-state index < -0.39 is 0 Å². The van der Waals surface area contributed by atoms with Crippen molar-refractivity contribution in [3.05, 3.63) is 136 Å². The lowest BCUT2D eigenvalue weighted by Gasteiger charge is -2.20. The van der Waals surface area contributed by atoms with E-state index in [0.29, 0.717) is 11.6 Å². The molecule has 1 atom stereocenters. The van der Waals surface area contributed by atoms with Gasteiger partial charge in [-0.25, -0.2) is 0 Å². The van der Waals surface area contributed by atoms with E-state index in [1.807, 2.05) is 109 Å². The summed E-state index contributed by atoms with van der Waals surface area (Å²) in [6.45, 7) is 0.514. The standard InChI is InChI=1S/C28H24ClNO2/c29-25-15-13-24(14-16-25)28(23-9-5-2-6-10-23)30-27(31)19-21-11-17-26(18-12-21)32-20-22-7-3-1-4-8-22/h1-18,28H,19-20H2,(H,30,31). The highest BCUT2D eigenvalue weighted by molar-refractivity contribution is 6.30. The van der Waals surface area contributed by atoms with Gasteiger partial charge in [0.2, 0.25) is 5.91 Å². The Bertz CT molecular complexity index is 1130. The first-order valence-corrected chi connectivity index (χ1v) is 10.9. The van der Waals surface area contributed by atoms with Crippen molar-refractivity contribution in [3.8, 4) is 5.75 Å². The highest BCUT2D eigenvalue weighted by Crippen LogP contribution is 2.24. The fourth-order valence-corrected chi connectivity index (χ4v) is 3.63. The molecular formula is C28H24ClNO2. The Morgan fingerprint density at radius 2 is 1.31 bits per heavy atom. The zero-order valence-corrected chi connectivity index (χ0v) is 18.3. The maximum Gasteiger partial charge on any atom is 0.225 e. The third-order valence-corrected chi connectivity index (χ3v) is 5.43. The minimum Gasteiger partial charge on any atom is -0.489 e. The number of nitrogens with one attached hydrogen (secondary N) is 1. The van der Waals surface area contributed by atoms with Crippen LogP contribution in [0, 0.1) is 0 Å². The summed E-state index contributed by atoms with van der Waals surface area (Å²) < 4.78 is 5.83. The molecule has 4 aromatic carbocycles. The fourth-order valence-electron chi connectivity index (χ4n) is 3.50. The van der Waals surface area contributed by atoms with Crippen LogP contribution in [0.2, 0.25) is 5.02 Å². The number of carbonyl (C=O) groups excluding carboxylic acids is 1. The predicted octanol–water partition coefficient (Wildman–Crippen LogP) is 6.37. The molecule has 0 aliphatic carbocycles. The molecule has 0 saturated heterocycles. The summed E-state index contributed by atoms with van der Waals surface area (Å²) in [6.07, 6.45) is 0.288. The number of benzene rings is 4. The third-order valence-electron chi connectivity index (χ3n) is 5.18. The van der Waals surface area contributed by atoms with Gasteiger partial charge in [-0.3, -0.25) is 4.79 Å². The molecule has 1 N–H and O–H groups in total. The number of halogens is 1. The number of hydrogen-bond acceptors (Lipinski definition) is 2. The summed E-state index contributed by atoms with van der Waals surface area (Å²) in [4.78, 5) is 12.9. The van der Waals surface area contributed by atoms with Crippen molar-refractivity contribution in [1.82, 2.24) is 5.32 Å². The summed E-state index contributed by atoms with van der Waals surface area (Å²) in [6, 6.07) is 35.0. The topological polar surface area (TPSA) is 38.3 Å². The lowest BCUT2D eigenvalue weighted by Crippen LogP contribution is -2.30. The number of amides is 1. The second-order valence-electron chi connectivity index (χ2n) is 7.56. The maximum absolute atomic E-state index is 12.9. The fraction of sp³-hybridized carbons (Fsp3) is 0.107. The summed E-state index contributed by atoms with van der Waals surface area (Å²) in [5.41, 5.74) is 4.05. The molecule has 0 heterocycles. The lowest BCUT2D eigenvalue weighted by atomic mass is 9.98. The van der Waals surface area contributed by atoms with Gasteiger partial charge >= 0.3 is 0 Å². The lowest BCUT2D eigenvalue weighted by molar-refractivity contribution is -0.120. The Morgan fingerprint density at radius 1 is 0.719 bits per heavy atom. The zero-order valence-electron chi connectivity index (χ0n) is 17.6. The van der Waals surface area contributed by atoms with Crippen molar-refractivity contribution in [2.75, 3.05) is 0 Å². The van der Waals surface area contributed by atoms with Crippen molar-refractivity contribution in [3.63, 3.8) is 0 Å². The number of ether oxygens (including phenoxy) is 1. The summed E-state index contributed by atoms with van der Waals surface area (Å²) in [5.74, 6) is 0.730. The largest absolute Gasteiger partial charge is 0.489 e. The van der Waals surface area contributed by atoms with E-state index in [1.165, 1.54) is 0 Å². The molecule has 1 amide bonds. The molecule has 0 bridgehead atoms. The van der Waals surface area contributed by atoms with Crippen LogP contribution in [0.1, 0.15) is 28.3 Å². The van der Waals surface area contributed by atoms with Crippen LogP contribution >= 0.6 is 11.6 Å². The van der Waals surface area contributed by atoms with Crippen molar-refractivity contribution in [2.45, 2.75) is 19.1 Å². The quantitative estimate of drug-likeness (QED) is 0.345. The predicted molar refractivity (Wildman–Crippen MR) is 129 cm³/mol. The van der Waals surface area contributed by atoms with Crippen LogP contribution in [0.5, 0.6) is 5.75 Å². The van der Waals surface area contributed by atoms with Gasteiger partial charge in [0.25, 0.3) is 0 Å². The average Bonchev–Trinajstić information content (AvgIpc) is 2.84. The Morgan fingerprint density at radius 3 is 1.97 bits per heavy atom. The molecule has 0 saturated carbocycles. The minimum absolute atomic E-state index is 0.0493.